The lowest BCUT2D eigenvalue weighted by atomic mass is 10.3. The lowest BCUT2D eigenvalue weighted by Crippen LogP contribution is -2.36. The summed E-state index contributed by atoms with van der Waals surface area (Å²) < 4.78 is 7.20. The molecule has 1 aromatic heterocycles. The van der Waals surface area contributed by atoms with Crippen LogP contribution < -0.4 is 10.1 Å². The van der Waals surface area contributed by atoms with Gasteiger partial charge in [-0.3, -0.25) is 4.79 Å². The first kappa shape index (κ1) is 13.9. The van der Waals surface area contributed by atoms with E-state index in [-0.39, 0.29) is 5.91 Å². The van der Waals surface area contributed by atoms with Gasteiger partial charge in [-0.15, -0.1) is 11.7 Å². The van der Waals surface area contributed by atoms with Crippen molar-refractivity contribution in [3.63, 3.8) is 0 Å². The van der Waals surface area contributed by atoms with E-state index in [1.807, 2.05) is 30.3 Å². The number of para-hydroxylation sites is 1. The van der Waals surface area contributed by atoms with Crippen molar-refractivity contribution in [1.29, 1.82) is 0 Å². The highest BCUT2D eigenvalue weighted by atomic mass is 16.5. The molecule has 1 N–H and O–H groups in total. The average Bonchev–Trinajstić information content (AvgIpc) is 2.94. The molecule has 20 heavy (non-hydrogen) atoms. The van der Waals surface area contributed by atoms with Crippen molar-refractivity contribution < 1.29 is 9.53 Å². The molecule has 5 nitrogen and oxygen atoms in total. The zero-order valence-corrected chi connectivity index (χ0v) is 11.3. The third-order valence-corrected chi connectivity index (χ3v) is 2.67. The molecule has 0 saturated heterocycles. The van der Waals surface area contributed by atoms with E-state index < -0.39 is 6.10 Å². The summed E-state index contributed by atoms with van der Waals surface area (Å²) in [5, 5.41) is 6.95. The summed E-state index contributed by atoms with van der Waals surface area (Å²) in [4.78, 5) is 11.7. The van der Waals surface area contributed by atoms with Crippen molar-refractivity contribution in [2.24, 2.45) is 0 Å². The maximum Gasteiger partial charge on any atom is 0.261 e. The molecule has 0 radical (unpaired) electrons. The van der Waals surface area contributed by atoms with Gasteiger partial charge in [0, 0.05) is 18.8 Å². The van der Waals surface area contributed by atoms with Crippen LogP contribution in [0.5, 0.6) is 5.88 Å². The van der Waals surface area contributed by atoms with Gasteiger partial charge in [-0.2, -0.15) is 0 Å². The maximum atomic E-state index is 11.7. The van der Waals surface area contributed by atoms with Crippen LogP contribution in [0.15, 0.2) is 55.3 Å². The van der Waals surface area contributed by atoms with Gasteiger partial charge in [0.1, 0.15) is 0 Å². The fourth-order valence-corrected chi connectivity index (χ4v) is 1.65. The Morgan fingerprint density at radius 2 is 2.20 bits per heavy atom. The summed E-state index contributed by atoms with van der Waals surface area (Å²) in [6.07, 6.45) is 2.81. The van der Waals surface area contributed by atoms with Crippen molar-refractivity contribution in [2.75, 3.05) is 6.54 Å². The van der Waals surface area contributed by atoms with Crippen LogP contribution in [0.25, 0.3) is 5.69 Å². The van der Waals surface area contributed by atoms with E-state index in [0.717, 1.165) is 5.69 Å². The molecule has 1 aromatic carbocycles. The van der Waals surface area contributed by atoms with E-state index in [1.165, 1.54) is 0 Å². The van der Waals surface area contributed by atoms with Crippen LogP contribution in [-0.2, 0) is 4.79 Å². The SMILES string of the molecule is C=CCNC(=O)C(C)Oc1ccn(-c2ccccc2)n1. The predicted octanol–water partition coefficient (Wildman–Crippen LogP) is 1.94. The van der Waals surface area contributed by atoms with Gasteiger partial charge in [0.25, 0.3) is 5.91 Å². The van der Waals surface area contributed by atoms with Gasteiger partial charge >= 0.3 is 0 Å². The Balaban J connectivity index is 1.99. The Hall–Kier alpha value is -2.56. The smallest absolute Gasteiger partial charge is 0.261 e. The lowest BCUT2D eigenvalue weighted by Gasteiger charge is -2.11. The van der Waals surface area contributed by atoms with E-state index in [9.17, 15) is 4.79 Å². The second-order valence-corrected chi connectivity index (χ2v) is 4.23. The largest absolute Gasteiger partial charge is 0.463 e. The highest BCUT2D eigenvalue weighted by molar-refractivity contribution is 5.80. The molecule has 5 heteroatoms. The average molecular weight is 271 g/mol. The van der Waals surface area contributed by atoms with Crippen molar-refractivity contribution >= 4 is 5.91 Å². The second kappa shape index (κ2) is 6.56. The van der Waals surface area contributed by atoms with Crippen molar-refractivity contribution in [3.05, 3.63) is 55.3 Å². The van der Waals surface area contributed by atoms with E-state index in [0.29, 0.717) is 12.4 Å². The zero-order valence-electron chi connectivity index (χ0n) is 11.3. The number of ether oxygens (including phenoxy) is 1. The van der Waals surface area contributed by atoms with Crippen LogP contribution in [0.1, 0.15) is 6.92 Å². The van der Waals surface area contributed by atoms with Crippen LogP contribution >= 0.6 is 0 Å². The quantitative estimate of drug-likeness (QED) is 0.817. The molecule has 1 amide bonds. The molecule has 0 aliphatic heterocycles. The van der Waals surface area contributed by atoms with E-state index in [1.54, 1.807) is 29.9 Å². The predicted molar refractivity (Wildman–Crippen MR) is 76.9 cm³/mol. The van der Waals surface area contributed by atoms with Gasteiger partial charge in [0.2, 0.25) is 5.88 Å². The van der Waals surface area contributed by atoms with Crippen molar-refractivity contribution in [1.82, 2.24) is 15.1 Å². The molecule has 104 valence electrons. The highest BCUT2D eigenvalue weighted by Crippen LogP contribution is 2.12. The highest BCUT2D eigenvalue weighted by Gasteiger charge is 2.15. The van der Waals surface area contributed by atoms with E-state index >= 15 is 0 Å². The molecule has 0 bridgehead atoms. The summed E-state index contributed by atoms with van der Waals surface area (Å²) in [7, 11) is 0. The monoisotopic (exact) mass is 271 g/mol. The number of aromatic nitrogens is 2. The first-order valence-electron chi connectivity index (χ1n) is 6.37. The topological polar surface area (TPSA) is 56.1 Å². The van der Waals surface area contributed by atoms with Crippen LogP contribution in [-0.4, -0.2) is 28.3 Å². The molecule has 0 aliphatic carbocycles. The summed E-state index contributed by atoms with van der Waals surface area (Å²) >= 11 is 0. The van der Waals surface area contributed by atoms with Gasteiger partial charge in [-0.1, -0.05) is 24.3 Å². The van der Waals surface area contributed by atoms with Crippen LogP contribution in [0.4, 0.5) is 0 Å². The van der Waals surface area contributed by atoms with Crippen LogP contribution in [0.2, 0.25) is 0 Å². The molecule has 1 unspecified atom stereocenters. The Kier molecular flexibility index (Phi) is 4.55. The summed E-state index contributed by atoms with van der Waals surface area (Å²) in [5.74, 6) is 0.217. The fourth-order valence-electron chi connectivity index (χ4n) is 1.65. The molecular weight excluding hydrogens is 254 g/mol. The normalized spacial score (nSPS) is 11.7. The van der Waals surface area contributed by atoms with Gasteiger partial charge in [-0.05, 0) is 19.1 Å². The second-order valence-electron chi connectivity index (χ2n) is 4.23. The minimum Gasteiger partial charge on any atom is -0.463 e. The van der Waals surface area contributed by atoms with Gasteiger partial charge in [0.15, 0.2) is 6.10 Å². The summed E-state index contributed by atoms with van der Waals surface area (Å²) in [6, 6.07) is 11.4. The Morgan fingerprint density at radius 3 is 2.90 bits per heavy atom. The van der Waals surface area contributed by atoms with Gasteiger partial charge < -0.3 is 10.1 Å². The maximum absolute atomic E-state index is 11.7. The first-order chi connectivity index (χ1) is 9.70. The standard InChI is InChI=1S/C15H17N3O2/c1-3-10-16-15(19)12(2)20-14-9-11-18(17-14)13-7-5-4-6-8-13/h3-9,11-12H,1,10H2,2H3,(H,16,19). The third kappa shape index (κ3) is 3.47. The molecule has 0 spiro atoms. The van der Waals surface area contributed by atoms with E-state index in [2.05, 4.69) is 17.0 Å². The van der Waals surface area contributed by atoms with Crippen molar-refractivity contribution in [3.8, 4) is 11.6 Å². The molecule has 2 aromatic rings. The zero-order chi connectivity index (χ0) is 14.4. The Morgan fingerprint density at radius 1 is 1.45 bits per heavy atom. The molecule has 0 saturated carbocycles. The van der Waals surface area contributed by atoms with E-state index in [4.69, 9.17) is 4.74 Å². The molecule has 0 fully saturated rings. The number of nitrogens with zero attached hydrogens (tertiary/aromatic N) is 2. The first-order valence-corrected chi connectivity index (χ1v) is 6.37. The number of nitrogens with one attached hydrogen (secondary N) is 1. The molecule has 0 aliphatic rings. The lowest BCUT2D eigenvalue weighted by molar-refractivity contribution is -0.127. The van der Waals surface area contributed by atoms with Gasteiger partial charge in [0.05, 0.1) is 5.69 Å². The molecule has 1 heterocycles. The van der Waals surface area contributed by atoms with Crippen LogP contribution in [0, 0.1) is 0 Å². The fraction of sp³-hybridized carbons (Fsp3) is 0.200. The Labute approximate surface area is 117 Å². The number of hydrogen-bond acceptors (Lipinski definition) is 3. The third-order valence-electron chi connectivity index (χ3n) is 2.67. The number of carbonyl (C=O) groups is 1. The summed E-state index contributed by atoms with van der Waals surface area (Å²) in [6.45, 7) is 5.64. The number of rotatable bonds is 6. The van der Waals surface area contributed by atoms with Gasteiger partial charge in [-0.25, -0.2) is 4.68 Å². The molecule has 2 rings (SSSR count). The number of amides is 1. The number of hydrogen-bond donors (Lipinski definition) is 1. The number of benzene rings is 1. The molecular formula is C15H17N3O2. The van der Waals surface area contributed by atoms with Crippen molar-refractivity contribution in [2.45, 2.75) is 13.0 Å². The van der Waals surface area contributed by atoms with Crippen LogP contribution in [0.3, 0.4) is 0 Å². The minimum atomic E-state index is -0.603. The minimum absolute atomic E-state index is 0.195. The molecule has 1 atom stereocenters. The Bertz CT molecular complexity index is 578. The number of carbonyl (C=O) groups excluding carboxylic acids is 1. The summed E-state index contributed by atoms with van der Waals surface area (Å²) in [5.41, 5.74) is 0.936.